The first-order valence-corrected chi connectivity index (χ1v) is 8.24. The van der Waals surface area contributed by atoms with Gasteiger partial charge in [-0.2, -0.15) is 0 Å². The van der Waals surface area contributed by atoms with Gasteiger partial charge in [-0.05, 0) is 32.2 Å². The molecule has 0 saturated carbocycles. The standard InChI is InChI=1S/C15H22N2O5S/c1-15(2,3)22-14(21)17-9-12(19)11(18)8-16(17)13(20)7-10-5-4-6-23-10/h4-6,11-12,18-19H,7-9H2,1-3H3/t11-,12+/m0/s1. The number of rotatable bonds is 2. The Morgan fingerprint density at radius 2 is 1.87 bits per heavy atom. The zero-order valence-corrected chi connectivity index (χ0v) is 14.2. The van der Waals surface area contributed by atoms with Crippen LogP contribution in [0.5, 0.6) is 0 Å². The van der Waals surface area contributed by atoms with Gasteiger partial charge in [-0.3, -0.25) is 4.79 Å². The number of amides is 2. The molecule has 0 bridgehead atoms. The summed E-state index contributed by atoms with van der Waals surface area (Å²) in [6.07, 6.45) is -2.81. The average molecular weight is 342 g/mol. The molecule has 2 heterocycles. The minimum Gasteiger partial charge on any atom is -0.442 e. The molecule has 23 heavy (non-hydrogen) atoms. The van der Waals surface area contributed by atoms with E-state index in [0.29, 0.717) is 0 Å². The highest BCUT2D eigenvalue weighted by molar-refractivity contribution is 7.10. The van der Waals surface area contributed by atoms with Gasteiger partial charge in [0.2, 0.25) is 5.91 Å². The smallest absolute Gasteiger partial charge is 0.429 e. The van der Waals surface area contributed by atoms with Crippen molar-refractivity contribution >= 4 is 23.3 Å². The van der Waals surface area contributed by atoms with Gasteiger partial charge in [0, 0.05) is 4.88 Å². The molecular weight excluding hydrogens is 320 g/mol. The van der Waals surface area contributed by atoms with Crippen molar-refractivity contribution in [1.82, 2.24) is 10.0 Å². The molecule has 7 nitrogen and oxygen atoms in total. The second-order valence-electron chi connectivity index (χ2n) is 6.43. The molecule has 2 N–H and O–H groups in total. The van der Waals surface area contributed by atoms with Crippen LogP contribution in [0.25, 0.3) is 0 Å². The van der Waals surface area contributed by atoms with Crippen molar-refractivity contribution in [3.8, 4) is 0 Å². The zero-order valence-electron chi connectivity index (χ0n) is 13.4. The maximum atomic E-state index is 12.5. The Morgan fingerprint density at radius 3 is 2.39 bits per heavy atom. The van der Waals surface area contributed by atoms with Crippen molar-refractivity contribution in [2.45, 2.75) is 45.0 Å². The molecule has 128 valence electrons. The van der Waals surface area contributed by atoms with E-state index in [1.807, 2.05) is 17.5 Å². The van der Waals surface area contributed by atoms with Crippen LogP contribution in [-0.2, 0) is 16.0 Å². The molecule has 2 rings (SSSR count). The molecule has 1 saturated heterocycles. The Balaban J connectivity index is 2.14. The van der Waals surface area contributed by atoms with Gasteiger partial charge in [0.05, 0.1) is 19.5 Å². The molecule has 8 heteroatoms. The van der Waals surface area contributed by atoms with Gasteiger partial charge < -0.3 is 14.9 Å². The zero-order chi connectivity index (χ0) is 17.2. The number of carbonyl (C=O) groups is 2. The highest BCUT2D eigenvalue weighted by atomic mass is 32.1. The van der Waals surface area contributed by atoms with Gasteiger partial charge in [-0.15, -0.1) is 11.3 Å². The molecule has 1 aliphatic rings. The van der Waals surface area contributed by atoms with Crippen LogP contribution in [-0.4, -0.2) is 63.1 Å². The fourth-order valence-electron chi connectivity index (χ4n) is 2.17. The number of nitrogens with zero attached hydrogens (tertiary/aromatic N) is 2. The van der Waals surface area contributed by atoms with Crippen molar-refractivity contribution < 1.29 is 24.5 Å². The Hall–Kier alpha value is -1.64. The topological polar surface area (TPSA) is 90.3 Å². The third kappa shape index (κ3) is 4.66. The molecule has 0 spiro atoms. The van der Waals surface area contributed by atoms with Crippen LogP contribution < -0.4 is 0 Å². The first kappa shape index (κ1) is 17.7. The molecule has 1 fully saturated rings. The Morgan fingerprint density at radius 1 is 1.26 bits per heavy atom. The van der Waals surface area contributed by atoms with Crippen LogP contribution in [0.2, 0.25) is 0 Å². The first-order valence-electron chi connectivity index (χ1n) is 7.36. The van der Waals surface area contributed by atoms with Crippen LogP contribution in [0.4, 0.5) is 4.79 Å². The molecule has 2 atom stereocenters. The lowest BCUT2D eigenvalue weighted by Crippen LogP contribution is -2.63. The highest BCUT2D eigenvalue weighted by Gasteiger charge is 2.39. The van der Waals surface area contributed by atoms with Crippen LogP contribution in [0.15, 0.2) is 17.5 Å². The lowest BCUT2D eigenvalue weighted by molar-refractivity contribution is -0.170. The van der Waals surface area contributed by atoms with Crippen molar-refractivity contribution in [1.29, 1.82) is 0 Å². The van der Waals surface area contributed by atoms with Crippen molar-refractivity contribution in [2.75, 3.05) is 13.1 Å². The van der Waals surface area contributed by atoms with Crippen LogP contribution in [0, 0.1) is 0 Å². The minimum absolute atomic E-state index is 0.125. The second kappa shape index (κ2) is 6.86. The highest BCUT2D eigenvalue weighted by Crippen LogP contribution is 2.19. The van der Waals surface area contributed by atoms with Gasteiger partial charge in [-0.25, -0.2) is 14.8 Å². The van der Waals surface area contributed by atoms with Gasteiger partial charge >= 0.3 is 6.09 Å². The number of hydrogen-bond donors (Lipinski definition) is 2. The fourth-order valence-corrected chi connectivity index (χ4v) is 2.87. The van der Waals surface area contributed by atoms with Crippen molar-refractivity contribution in [3.05, 3.63) is 22.4 Å². The van der Waals surface area contributed by atoms with E-state index in [-0.39, 0.29) is 25.4 Å². The summed E-state index contributed by atoms with van der Waals surface area (Å²) in [4.78, 5) is 25.7. The SMILES string of the molecule is CC(C)(C)OC(=O)N1C[C@@H](O)[C@@H](O)CN1C(=O)Cc1cccs1. The number of carbonyl (C=O) groups excluding carboxylic acids is 2. The molecule has 2 amide bonds. The van der Waals surface area contributed by atoms with Crippen molar-refractivity contribution in [3.63, 3.8) is 0 Å². The molecule has 1 aromatic heterocycles. The summed E-state index contributed by atoms with van der Waals surface area (Å²) in [5, 5.41) is 23.7. The molecule has 0 aromatic carbocycles. The van der Waals surface area contributed by atoms with E-state index < -0.39 is 23.9 Å². The molecular formula is C15H22N2O5S. The molecule has 0 unspecified atom stereocenters. The summed E-state index contributed by atoms with van der Waals surface area (Å²) >= 11 is 1.44. The molecule has 1 aliphatic heterocycles. The summed E-state index contributed by atoms with van der Waals surface area (Å²) in [5.41, 5.74) is -0.722. The van der Waals surface area contributed by atoms with E-state index in [4.69, 9.17) is 4.74 Å². The van der Waals surface area contributed by atoms with E-state index in [9.17, 15) is 19.8 Å². The largest absolute Gasteiger partial charge is 0.442 e. The number of hydrogen-bond acceptors (Lipinski definition) is 6. The lowest BCUT2D eigenvalue weighted by Gasteiger charge is -2.42. The molecule has 1 aromatic rings. The van der Waals surface area contributed by atoms with E-state index in [1.54, 1.807) is 20.8 Å². The number of aliphatic hydroxyl groups is 2. The summed E-state index contributed by atoms with van der Waals surface area (Å²) < 4.78 is 5.28. The maximum Gasteiger partial charge on any atom is 0.429 e. The fraction of sp³-hybridized carbons (Fsp3) is 0.600. The van der Waals surface area contributed by atoms with E-state index >= 15 is 0 Å². The normalized spacial score (nSPS) is 22.1. The minimum atomic E-state index is -1.12. The number of β-amino-alcohol motifs (C(OH)–C–C–N with tert-alkyl or cyclic N) is 2. The second-order valence-corrected chi connectivity index (χ2v) is 7.46. The monoisotopic (exact) mass is 342 g/mol. The van der Waals surface area contributed by atoms with Crippen LogP contribution in [0.3, 0.4) is 0 Å². The quantitative estimate of drug-likeness (QED) is 0.837. The summed E-state index contributed by atoms with van der Waals surface area (Å²) in [5.74, 6) is -0.329. The number of aliphatic hydroxyl groups excluding tert-OH is 2. The van der Waals surface area contributed by atoms with Crippen molar-refractivity contribution in [2.24, 2.45) is 0 Å². The Labute approximate surface area is 139 Å². The Kier molecular flexibility index (Phi) is 5.28. The van der Waals surface area contributed by atoms with Crippen LogP contribution >= 0.6 is 11.3 Å². The predicted octanol–water partition coefficient (Wildman–Crippen LogP) is 1.01. The van der Waals surface area contributed by atoms with E-state index in [0.717, 1.165) is 14.9 Å². The molecule has 0 aliphatic carbocycles. The first-order chi connectivity index (χ1) is 10.7. The predicted molar refractivity (Wildman–Crippen MR) is 84.7 cm³/mol. The average Bonchev–Trinajstić information content (AvgIpc) is 2.92. The van der Waals surface area contributed by atoms with Gasteiger partial charge in [-0.1, -0.05) is 6.07 Å². The third-order valence-corrected chi connectivity index (χ3v) is 4.13. The summed E-state index contributed by atoms with van der Waals surface area (Å²) in [6, 6.07) is 3.67. The lowest BCUT2D eigenvalue weighted by atomic mass is 10.1. The maximum absolute atomic E-state index is 12.5. The summed E-state index contributed by atoms with van der Waals surface area (Å²) in [6.45, 7) is 4.82. The molecule has 0 radical (unpaired) electrons. The number of thiophene rings is 1. The number of ether oxygens (including phenoxy) is 1. The van der Waals surface area contributed by atoms with Gasteiger partial charge in [0.15, 0.2) is 0 Å². The van der Waals surface area contributed by atoms with E-state index in [2.05, 4.69) is 0 Å². The van der Waals surface area contributed by atoms with E-state index in [1.165, 1.54) is 11.3 Å². The Bertz CT molecular complexity index is 555. The summed E-state index contributed by atoms with van der Waals surface area (Å²) in [7, 11) is 0. The number of hydrazine groups is 1. The van der Waals surface area contributed by atoms with Gasteiger partial charge in [0.1, 0.15) is 17.8 Å². The van der Waals surface area contributed by atoms with Crippen LogP contribution in [0.1, 0.15) is 25.6 Å². The van der Waals surface area contributed by atoms with Gasteiger partial charge in [0.25, 0.3) is 0 Å². The third-order valence-electron chi connectivity index (χ3n) is 3.25.